The lowest BCUT2D eigenvalue weighted by molar-refractivity contribution is 0.337. The molecule has 0 spiro atoms. The molecule has 0 aliphatic rings. The fourth-order valence-electron chi connectivity index (χ4n) is 2.02. The maximum absolute atomic E-state index is 12.4. The third kappa shape index (κ3) is 4.48. The molecule has 2 aromatic rings. The van der Waals surface area contributed by atoms with Gasteiger partial charge in [0, 0.05) is 27.1 Å². The van der Waals surface area contributed by atoms with E-state index in [1.54, 1.807) is 12.1 Å². The Labute approximate surface area is 132 Å². The Morgan fingerprint density at radius 2 is 1.86 bits per heavy atom. The summed E-state index contributed by atoms with van der Waals surface area (Å²) in [6.45, 7) is 2.48. The average Bonchev–Trinajstić information content (AvgIpc) is 2.44. The van der Waals surface area contributed by atoms with E-state index in [0.29, 0.717) is 28.8 Å². The maximum Gasteiger partial charge on any atom is 0.123 e. The monoisotopic (exact) mass is 323 g/mol. The van der Waals surface area contributed by atoms with E-state index in [4.69, 9.17) is 22.1 Å². The van der Waals surface area contributed by atoms with Crippen molar-refractivity contribution < 1.29 is 8.95 Å². The van der Waals surface area contributed by atoms with E-state index < -0.39 is 10.8 Å². The number of anilines is 1. The van der Waals surface area contributed by atoms with Crippen molar-refractivity contribution in [3.63, 3.8) is 0 Å². The molecule has 0 aromatic heterocycles. The van der Waals surface area contributed by atoms with E-state index in [1.807, 2.05) is 37.3 Å². The summed E-state index contributed by atoms with van der Waals surface area (Å²) >= 11 is 6.10. The second-order valence-electron chi connectivity index (χ2n) is 4.62. The van der Waals surface area contributed by atoms with E-state index in [9.17, 15) is 4.21 Å². The lowest BCUT2D eigenvalue weighted by Gasteiger charge is -2.11. The van der Waals surface area contributed by atoms with Gasteiger partial charge in [0.1, 0.15) is 5.75 Å². The number of nitrogen functional groups attached to an aromatic ring is 1. The summed E-state index contributed by atoms with van der Waals surface area (Å²) in [5.41, 5.74) is 8.19. The van der Waals surface area contributed by atoms with Gasteiger partial charge >= 0.3 is 0 Å². The number of hydrogen-bond acceptors (Lipinski definition) is 3. The van der Waals surface area contributed by atoms with Crippen LogP contribution in [0.2, 0.25) is 5.02 Å². The molecule has 0 aliphatic heterocycles. The Balaban J connectivity index is 2.12. The van der Waals surface area contributed by atoms with Crippen LogP contribution in [0.15, 0.2) is 42.5 Å². The number of ether oxygens (including phenoxy) is 1. The molecule has 2 N–H and O–H groups in total. The van der Waals surface area contributed by atoms with Crippen molar-refractivity contribution in [3.05, 3.63) is 58.6 Å². The molecule has 0 bridgehead atoms. The molecule has 5 heteroatoms. The van der Waals surface area contributed by atoms with Gasteiger partial charge in [0.15, 0.2) is 0 Å². The summed E-state index contributed by atoms with van der Waals surface area (Å²) in [7, 11) is -1.07. The van der Waals surface area contributed by atoms with Gasteiger partial charge in [-0.3, -0.25) is 4.21 Å². The highest BCUT2D eigenvalue weighted by molar-refractivity contribution is 7.83. The van der Waals surface area contributed by atoms with Crippen molar-refractivity contribution in [1.29, 1.82) is 0 Å². The van der Waals surface area contributed by atoms with Crippen LogP contribution in [0, 0.1) is 0 Å². The van der Waals surface area contributed by atoms with Crippen LogP contribution in [0.4, 0.5) is 5.69 Å². The molecule has 2 aromatic carbocycles. The third-order valence-electron chi connectivity index (χ3n) is 2.98. The molecule has 0 heterocycles. The van der Waals surface area contributed by atoms with Crippen LogP contribution < -0.4 is 10.5 Å². The first-order chi connectivity index (χ1) is 10.1. The Morgan fingerprint density at radius 1 is 1.14 bits per heavy atom. The molecule has 0 fully saturated rings. The van der Waals surface area contributed by atoms with Gasteiger partial charge in [0.25, 0.3) is 0 Å². The molecule has 3 nitrogen and oxygen atoms in total. The highest BCUT2D eigenvalue weighted by Gasteiger charge is 2.10. The molecule has 21 heavy (non-hydrogen) atoms. The van der Waals surface area contributed by atoms with Crippen molar-refractivity contribution in [3.8, 4) is 5.75 Å². The van der Waals surface area contributed by atoms with Crippen LogP contribution in [0.5, 0.6) is 5.75 Å². The zero-order valence-corrected chi connectivity index (χ0v) is 13.4. The summed E-state index contributed by atoms with van der Waals surface area (Å²) in [5.74, 6) is 1.55. The molecule has 0 saturated heterocycles. The summed E-state index contributed by atoms with van der Waals surface area (Å²) in [5, 5.41) is 0.642. The van der Waals surface area contributed by atoms with Crippen LogP contribution in [0.25, 0.3) is 0 Å². The van der Waals surface area contributed by atoms with Gasteiger partial charge in [-0.05, 0) is 36.8 Å². The molecule has 2 rings (SSSR count). The number of nitrogens with two attached hydrogens (primary N) is 1. The second-order valence-corrected chi connectivity index (χ2v) is 6.48. The largest absolute Gasteiger partial charge is 0.494 e. The average molecular weight is 324 g/mol. The highest BCUT2D eigenvalue weighted by atomic mass is 35.5. The first-order valence-electron chi connectivity index (χ1n) is 6.69. The molecular formula is C16H18ClNO2S. The fraction of sp³-hybridized carbons (Fsp3) is 0.250. The smallest absolute Gasteiger partial charge is 0.123 e. The third-order valence-corrected chi connectivity index (χ3v) is 4.61. The van der Waals surface area contributed by atoms with Gasteiger partial charge in [-0.2, -0.15) is 0 Å². The van der Waals surface area contributed by atoms with E-state index in [1.165, 1.54) is 0 Å². The van der Waals surface area contributed by atoms with Gasteiger partial charge in [-0.1, -0.05) is 29.8 Å². The van der Waals surface area contributed by atoms with E-state index in [-0.39, 0.29) is 0 Å². The minimum atomic E-state index is -1.07. The van der Waals surface area contributed by atoms with Gasteiger partial charge < -0.3 is 10.5 Å². The quantitative estimate of drug-likeness (QED) is 0.823. The van der Waals surface area contributed by atoms with Crippen molar-refractivity contribution in [2.24, 2.45) is 0 Å². The predicted octanol–water partition coefficient (Wildman–Crippen LogP) is 3.77. The predicted molar refractivity (Wildman–Crippen MR) is 89.0 cm³/mol. The Hall–Kier alpha value is -1.52. The summed E-state index contributed by atoms with van der Waals surface area (Å²) in [6.07, 6.45) is 0. The van der Waals surface area contributed by atoms with Crippen molar-refractivity contribution in [2.45, 2.75) is 18.4 Å². The normalized spacial score (nSPS) is 12.1. The Morgan fingerprint density at radius 3 is 2.57 bits per heavy atom. The van der Waals surface area contributed by atoms with Crippen molar-refractivity contribution in [1.82, 2.24) is 0 Å². The highest BCUT2D eigenvalue weighted by Crippen LogP contribution is 2.24. The van der Waals surface area contributed by atoms with Gasteiger partial charge in [0.05, 0.1) is 18.1 Å². The standard InChI is InChI=1S/C16H18ClNO2S/c1-2-20-16-8-7-14(18)9-13(16)11-21(19)10-12-5-3-4-6-15(12)17/h3-9H,2,10-11,18H2,1H3. The van der Waals surface area contributed by atoms with E-state index in [0.717, 1.165) is 16.9 Å². The van der Waals surface area contributed by atoms with Gasteiger partial charge in [-0.25, -0.2) is 0 Å². The first kappa shape index (κ1) is 15.9. The molecule has 1 atom stereocenters. The van der Waals surface area contributed by atoms with Crippen LogP contribution in [0.1, 0.15) is 18.1 Å². The maximum atomic E-state index is 12.4. The van der Waals surface area contributed by atoms with Crippen molar-refractivity contribution >= 4 is 28.1 Å². The lowest BCUT2D eigenvalue weighted by Crippen LogP contribution is -2.04. The number of halogens is 1. The van der Waals surface area contributed by atoms with Crippen molar-refractivity contribution in [2.75, 3.05) is 12.3 Å². The molecule has 1 unspecified atom stereocenters. The molecule has 0 saturated carbocycles. The SMILES string of the molecule is CCOc1ccc(N)cc1CS(=O)Cc1ccccc1Cl. The minimum absolute atomic E-state index is 0.394. The van der Waals surface area contributed by atoms with Gasteiger partial charge in [-0.15, -0.1) is 0 Å². The first-order valence-corrected chi connectivity index (χ1v) is 8.56. The summed E-state index contributed by atoms with van der Waals surface area (Å²) in [4.78, 5) is 0. The number of rotatable bonds is 6. The Kier molecular flexibility index (Phi) is 5.65. The van der Waals surface area contributed by atoms with E-state index >= 15 is 0 Å². The van der Waals surface area contributed by atoms with Crippen LogP contribution in [-0.4, -0.2) is 10.8 Å². The van der Waals surface area contributed by atoms with Crippen LogP contribution in [-0.2, 0) is 22.3 Å². The molecule has 0 aliphatic carbocycles. The lowest BCUT2D eigenvalue weighted by atomic mass is 10.2. The molecule has 112 valence electrons. The summed E-state index contributed by atoms with van der Waals surface area (Å²) in [6, 6.07) is 12.9. The van der Waals surface area contributed by atoms with Crippen LogP contribution >= 0.6 is 11.6 Å². The van der Waals surface area contributed by atoms with Gasteiger partial charge in [0.2, 0.25) is 0 Å². The van der Waals surface area contributed by atoms with E-state index in [2.05, 4.69) is 0 Å². The molecular weight excluding hydrogens is 306 g/mol. The molecule has 0 radical (unpaired) electrons. The zero-order chi connectivity index (χ0) is 15.2. The topological polar surface area (TPSA) is 52.3 Å². The van der Waals surface area contributed by atoms with Crippen LogP contribution in [0.3, 0.4) is 0 Å². The molecule has 0 amide bonds. The minimum Gasteiger partial charge on any atom is -0.494 e. The Bertz CT molecular complexity index is 646. The second kappa shape index (κ2) is 7.48. The zero-order valence-electron chi connectivity index (χ0n) is 11.8. The number of benzene rings is 2. The number of hydrogen-bond donors (Lipinski definition) is 1. The summed E-state index contributed by atoms with van der Waals surface area (Å²) < 4.78 is 17.9. The fourth-order valence-corrected chi connectivity index (χ4v) is 3.58.